The van der Waals surface area contributed by atoms with E-state index in [1.165, 1.54) is 12.1 Å². The standard InChI is InChI=1S/C14H8F3IO2/c15-14(16,17)20-12-3-1-2-10(8-12)13(19)9-4-6-11(18)7-5-9/h1-8H. The van der Waals surface area contributed by atoms with Gasteiger partial charge < -0.3 is 4.74 Å². The van der Waals surface area contributed by atoms with Gasteiger partial charge in [0.15, 0.2) is 5.78 Å². The molecule has 104 valence electrons. The molecule has 20 heavy (non-hydrogen) atoms. The van der Waals surface area contributed by atoms with Gasteiger partial charge in [-0.15, -0.1) is 13.2 Å². The highest BCUT2D eigenvalue weighted by Gasteiger charge is 2.31. The van der Waals surface area contributed by atoms with Gasteiger partial charge in [-0.25, -0.2) is 0 Å². The molecule has 0 heterocycles. The molecule has 2 nitrogen and oxygen atoms in total. The number of hydrogen-bond donors (Lipinski definition) is 0. The number of carbonyl (C=O) groups is 1. The fourth-order valence-corrected chi connectivity index (χ4v) is 1.96. The van der Waals surface area contributed by atoms with Gasteiger partial charge in [0.25, 0.3) is 0 Å². The second kappa shape index (κ2) is 5.82. The number of halogens is 4. The highest BCUT2D eigenvalue weighted by Crippen LogP contribution is 2.24. The fourth-order valence-electron chi connectivity index (χ4n) is 1.60. The van der Waals surface area contributed by atoms with Crippen molar-refractivity contribution in [1.29, 1.82) is 0 Å². The Balaban J connectivity index is 2.26. The Morgan fingerprint density at radius 1 is 1.00 bits per heavy atom. The lowest BCUT2D eigenvalue weighted by Gasteiger charge is -2.09. The van der Waals surface area contributed by atoms with Gasteiger partial charge in [-0.1, -0.05) is 12.1 Å². The van der Waals surface area contributed by atoms with E-state index in [1.54, 1.807) is 24.3 Å². The normalized spacial score (nSPS) is 11.2. The van der Waals surface area contributed by atoms with Crippen molar-refractivity contribution < 1.29 is 22.7 Å². The monoisotopic (exact) mass is 392 g/mol. The van der Waals surface area contributed by atoms with Crippen LogP contribution in [-0.2, 0) is 0 Å². The first-order valence-electron chi connectivity index (χ1n) is 5.51. The molecule has 0 aliphatic rings. The lowest BCUT2D eigenvalue weighted by molar-refractivity contribution is -0.274. The first kappa shape index (κ1) is 14.8. The minimum Gasteiger partial charge on any atom is -0.406 e. The molecule has 0 aromatic heterocycles. The van der Waals surface area contributed by atoms with Crippen molar-refractivity contribution in [3.63, 3.8) is 0 Å². The summed E-state index contributed by atoms with van der Waals surface area (Å²) in [5, 5.41) is 0. The molecular formula is C14H8F3IO2. The molecule has 6 heteroatoms. The molecule has 0 unspecified atom stereocenters. The summed E-state index contributed by atoms with van der Waals surface area (Å²) in [5.41, 5.74) is 0.558. The van der Waals surface area contributed by atoms with Crippen molar-refractivity contribution in [1.82, 2.24) is 0 Å². The zero-order valence-corrected chi connectivity index (χ0v) is 12.1. The maximum atomic E-state index is 12.1. The van der Waals surface area contributed by atoms with Crippen molar-refractivity contribution in [3.05, 3.63) is 63.2 Å². The molecule has 0 aliphatic carbocycles. The number of alkyl halides is 3. The third-order valence-corrected chi connectivity index (χ3v) is 3.16. The third-order valence-electron chi connectivity index (χ3n) is 2.44. The molecule has 0 spiro atoms. The minimum absolute atomic E-state index is 0.146. The lowest BCUT2D eigenvalue weighted by Crippen LogP contribution is -2.17. The maximum absolute atomic E-state index is 12.1. The highest BCUT2D eigenvalue weighted by molar-refractivity contribution is 14.1. The molecule has 2 aromatic rings. The first-order chi connectivity index (χ1) is 9.35. The van der Waals surface area contributed by atoms with E-state index < -0.39 is 12.1 Å². The predicted octanol–water partition coefficient (Wildman–Crippen LogP) is 4.42. The number of rotatable bonds is 3. The Labute approximate surface area is 126 Å². The summed E-state index contributed by atoms with van der Waals surface area (Å²) in [4.78, 5) is 12.1. The van der Waals surface area contributed by atoms with E-state index >= 15 is 0 Å². The average molecular weight is 392 g/mol. The largest absolute Gasteiger partial charge is 0.573 e. The summed E-state index contributed by atoms with van der Waals surface area (Å²) >= 11 is 2.10. The molecule has 0 saturated heterocycles. The van der Waals surface area contributed by atoms with Crippen LogP contribution in [0.15, 0.2) is 48.5 Å². The van der Waals surface area contributed by atoms with Crippen molar-refractivity contribution in [3.8, 4) is 5.75 Å². The van der Waals surface area contributed by atoms with Crippen LogP contribution in [0.25, 0.3) is 0 Å². The molecule has 0 saturated carbocycles. The van der Waals surface area contributed by atoms with E-state index in [0.29, 0.717) is 5.56 Å². The zero-order valence-electron chi connectivity index (χ0n) is 9.95. The van der Waals surface area contributed by atoms with E-state index in [4.69, 9.17) is 0 Å². The Morgan fingerprint density at radius 2 is 1.65 bits per heavy atom. The molecular weight excluding hydrogens is 384 g/mol. The van der Waals surface area contributed by atoms with Crippen LogP contribution in [-0.4, -0.2) is 12.1 Å². The summed E-state index contributed by atoms with van der Waals surface area (Å²) in [7, 11) is 0. The molecule has 0 atom stereocenters. The smallest absolute Gasteiger partial charge is 0.406 e. The van der Waals surface area contributed by atoms with Crippen LogP contribution in [0.2, 0.25) is 0 Å². The highest BCUT2D eigenvalue weighted by atomic mass is 127. The van der Waals surface area contributed by atoms with E-state index in [1.807, 2.05) is 0 Å². The van der Waals surface area contributed by atoms with Gasteiger partial charge in [0, 0.05) is 14.7 Å². The minimum atomic E-state index is -4.77. The van der Waals surface area contributed by atoms with Crippen LogP contribution >= 0.6 is 22.6 Å². The first-order valence-corrected chi connectivity index (χ1v) is 6.59. The fraction of sp³-hybridized carbons (Fsp3) is 0.0714. The molecule has 0 bridgehead atoms. The van der Waals surface area contributed by atoms with Gasteiger partial charge >= 0.3 is 6.36 Å². The summed E-state index contributed by atoms with van der Waals surface area (Å²) in [5.74, 6) is -0.761. The Morgan fingerprint density at radius 3 is 2.25 bits per heavy atom. The molecule has 0 radical (unpaired) electrons. The molecule has 2 rings (SSSR count). The summed E-state index contributed by atoms with van der Waals surface area (Å²) in [6.45, 7) is 0. The molecule has 0 N–H and O–H groups in total. The Kier molecular flexibility index (Phi) is 4.32. The summed E-state index contributed by atoms with van der Waals surface area (Å²) in [6.07, 6.45) is -4.77. The van der Waals surface area contributed by atoms with Crippen LogP contribution in [0.3, 0.4) is 0 Å². The van der Waals surface area contributed by atoms with Crippen LogP contribution in [0, 0.1) is 3.57 Å². The number of hydrogen-bond acceptors (Lipinski definition) is 2. The van der Waals surface area contributed by atoms with E-state index in [-0.39, 0.29) is 11.3 Å². The van der Waals surface area contributed by atoms with Gasteiger partial charge in [-0.3, -0.25) is 4.79 Å². The van der Waals surface area contributed by atoms with Gasteiger partial charge in [-0.05, 0) is 59.0 Å². The van der Waals surface area contributed by atoms with E-state index in [0.717, 1.165) is 15.7 Å². The van der Waals surface area contributed by atoms with Gasteiger partial charge in [0.2, 0.25) is 0 Å². The summed E-state index contributed by atoms with van der Waals surface area (Å²) < 4.78 is 41.2. The van der Waals surface area contributed by atoms with Crippen LogP contribution in [0.5, 0.6) is 5.75 Å². The SMILES string of the molecule is O=C(c1ccc(I)cc1)c1cccc(OC(F)(F)F)c1. The maximum Gasteiger partial charge on any atom is 0.573 e. The third kappa shape index (κ3) is 3.96. The molecule has 0 fully saturated rings. The second-order valence-corrected chi connectivity index (χ2v) is 5.16. The van der Waals surface area contributed by atoms with Crippen LogP contribution in [0.1, 0.15) is 15.9 Å². The average Bonchev–Trinajstić information content (AvgIpc) is 2.37. The number of benzene rings is 2. The quantitative estimate of drug-likeness (QED) is 0.571. The molecule has 0 aliphatic heterocycles. The number of ether oxygens (including phenoxy) is 1. The Bertz CT molecular complexity index is 621. The van der Waals surface area contributed by atoms with Crippen LogP contribution in [0.4, 0.5) is 13.2 Å². The predicted molar refractivity (Wildman–Crippen MR) is 75.7 cm³/mol. The van der Waals surface area contributed by atoms with Gasteiger partial charge in [-0.2, -0.15) is 0 Å². The summed E-state index contributed by atoms with van der Waals surface area (Å²) in [6, 6.07) is 11.8. The number of carbonyl (C=O) groups excluding carboxylic acids is 1. The second-order valence-electron chi connectivity index (χ2n) is 3.91. The van der Waals surface area contributed by atoms with E-state index in [2.05, 4.69) is 27.3 Å². The molecule has 0 amide bonds. The lowest BCUT2D eigenvalue weighted by atomic mass is 10.0. The number of ketones is 1. The van der Waals surface area contributed by atoms with Crippen molar-refractivity contribution >= 4 is 28.4 Å². The Hall–Kier alpha value is -1.57. The topological polar surface area (TPSA) is 26.3 Å². The van der Waals surface area contributed by atoms with Crippen molar-refractivity contribution in [2.75, 3.05) is 0 Å². The zero-order chi connectivity index (χ0) is 14.8. The van der Waals surface area contributed by atoms with Crippen LogP contribution < -0.4 is 4.74 Å². The van der Waals surface area contributed by atoms with Gasteiger partial charge in [0.1, 0.15) is 5.75 Å². The van der Waals surface area contributed by atoms with E-state index in [9.17, 15) is 18.0 Å². The van der Waals surface area contributed by atoms with Crippen molar-refractivity contribution in [2.45, 2.75) is 6.36 Å². The van der Waals surface area contributed by atoms with Crippen molar-refractivity contribution in [2.24, 2.45) is 0 Å². The molecule has 2 aromatic carbocycles. The van der Waals surface area contributed by atoms with Gasteiger partial charge in [0.05, 0.1) is 0 Å².